The van der Waals surface area contributed by atoms with Crippen molar-refractivity contribution < 1.29 is 42.9 Å². The number of carbonyl (C=O) groups excluding carboxylic acids is 3. The van der Waals surface area contributed by atoms with E-state index in [0.717, 1.165) is 89.9 Å². The van der Waals surface area contributed by atoms with Gasteiger partial charge in [-0.3, -0.25) is 9.59 Å². The molecule has 0 heterocycles. The predicted octanol–water partition coefficient (Wildman–Crippen LogP) is 16.2. The SMILES string of the molecule is CC/C=C\C/C=C\C/C=C\C/C=C\C/C=C\C/C=C\C/C=C\CCCCCCCCCCCCCC(=O)OC(COC(=O)CCCCCCCCCCCCCCCCC)COC(OCC[N+](C)(C)C)C(=O)[O-]. The Bertz CT molecular complexity index is 1470. The van der Waals surface area contributed by atoms with Gasteiger partial charge in [0.15, 0.2) is 12.4 Å². The molecule has 0 amide bonds. The van der Waals surface area contributed by atoms with Gasteiger partial charge < -0.3 is 33.3 Å². The number of carboxylic acid groups (broad SMARTS) is 1. The number of quaternary nitrogens is 1. The van der Waals surface area contributed by atoms with Gasteiger partial charge in [-0.2, -0.15) is 0 Å². The van der Waals surface area contributed by atoms with Crippen LogP contribution in [0.15, 0.2) is 85.1 Å². The minimum Gasteiger partial charge on any atom is -0.545 e. The molecular weight excluding hydrogens is 911 g/mol. The second-order valence-corrected chi connectivity index (χ2v) is 20.9. The highest BCUT2D eigenvalue weighted by atomic mass is 16.7. The number of carbonyl (C=O) groups is 3. The minimum absolute atomic E-state index is 0.145. The van der Waals surface area contributed by atoms with Crippen molar-refractivity contribution in [2.45, 2.75) is 257 Å². The summed E-state index contributed by atoms with van der Waals surface area (Å²) in [5.41, 5.74) is 0. The van der Waals surface area contributed by atoms with Crippen molar-refractivity contribution in [1.82, 2.24) is 0 Å². The molecule has 9 nitrogen and oxygen atoms in total. The van der Waals surface area contributed by atoms with Gasteiger partial charge >= 0.3 is 11.9 Å². The van der Waals surface area contributed by atoms with E-state index >= 15 is 0 Å². The second-order valence-electron chi connectivity index (χ2n) is 20.9. The smallest absolute Gasteiger partial charge is 0.306 e. The van der Waals surface area contributed by atoms with E-state index in [1.54, 1.807) is 0 Å². The monoisotopic (exact) mass is 1020 g/mol. The molecule has 2 unspecified atom stereocenters. The minimum atomic E-state index is -1.62. The van der Waals surface area contributed by atoms with Gasteiger partial charge in [-0.05, 0) is 70.6 Å². The summed E-state index contributed by atoms with van der Waals surface area (Å²) in [4.78, 5) is 37.3. The fourth-order valence-corrected chi connectivity index (χ4v) is 8.11. The van der Waals surface area contributed by atoms with Crippen LogP contribution in [0.3, 0.4) is 0 Å². The first-order valence-electron chi connectivity index (χ1n) is 29.7. The molecule has 0 bridgehead atoms. The molecule has 0 aromatic carbocycles. The van der Waals surface area contributed by atoms with E-state index in [0.29, 0.717) is 23.9 Å². The summed E-state index contributed by atoms with van der Waals surface area (Å²) in [7, 11) is 5.92. The van der Waals surface area contributed by atoms with E-state index in [9.17, 15) is 19.5 Å². The zero-order valence-corrected chi connectivity index (χ0v) is 47.7. The molecule has 420 valence electrons. The van der Waals surface area contributed by atoms with E-state index in [-0.39, 0.29) is 32.2 Å². The Labute approximate surface area is 449 Å². The number of unbranched alkanes of at least 4 members (excludes halogenated alkanes) is 25. The van der Waals surface area contributed by atoms with Crippen LogP contribution in [-0.2, 0) is 33.3 Å². The van der Waals surface area contributed by atoms with Crippen LogP contribution in [-0.4, -0.2) is 82.3 Å². The van der Waals surface area contributed by atoms with Crippen molar-refractivity contribution in [2.75, 3.05) is 47.5 Å². The summed E-state index contributed by atoms with van der Waals surface area (Å²) in [6.07, 6.45) is 69.2. The van der Waals surface area contributed by atoms with Gasteiger partial charge in [0, 0.05) is 12.8 Å². The van der Waals surface area contributed by atoms with Crippen molar-refractivity contribution >= 4 is 17.9 Å². The van der Waals surface area contributed by atoms with Gasteiger partial charge in [-0.25, -0.2) is 0 Å². The Balaban J connectivity index is 4.18. The maximum absolute atomic E-state index is 12.9. The number of hydrogen-bond donors (Lipinski definition) is 0. The topological polar surface area (TPSA) is 111 Å². The largest absolute Gasteiger partial charge is 0.545 e. The Morgan fingerprint density at radius 3 is 1.16 bits per heavy atom. The van der Waals surface area contributed by atoms with Crippen LogP contribution in [0.4, 0.5) is 0 Å². The standard InChI is InChI=1S/C64H111NO8/c1-6-8-10-12-14-16-18-20-22-23-24-25-26-27-28-29-30-31-32-33-34-35-36-37-38-39-41-43-45-47-49-51-53-55-62(67)73-60(59-72-64(63(68)69)70-57-56-65(3,4)5)58-71-61(66)54-52-50-48-46-44-42-40-21-19-17-15-13-11-9-7-2/h8,10,14,16,20,22,24-25,27-28,30-31,33-34,60,64H,6-7,9,11-13,15,17-19,21,23,26,29,32,35-59H2,1-5H3/b10-8-,16-14-,22-20-,25-24-,28-27-,31-30-,34-33-. The van der Waals surface area contributed by atoms with Crippen molar-refractivity contribution in [3.05, 3.63) is 85.1 Å². The van der Waals surface area contributed by atoms with Crippen LogP contribution in [0.5, 0.6) is 0 Å². The zero-order chi connectivity index (χ0) is 53.4. The summed E-state index contributed by atoms with van der Waals surface area (Å²) >= 11 is 0. The zero-order valence-electron chi connectivity index (χ0n) is 47.7. The molecule has 0 aliphatic rings. The maximum Gasteiger partial charge on any atom is 0.306 e. The molecular formula is C64H111NO8. The number of ether oxygens (including phenoxy) is 4. The number of hydrogen-bond acceptors (Lipinski definition) is 8. The fourth-order valence-electron chi connectivity index (χ4n) is 8.11. The fraction of sp³-hybridized carbons (Fsp3) is 0.734. The average molecular weight is 1020 g/mol. The van der Waals surface area contributed by atoms with Gasteiger partial charge in [-0.1, -0.05) is 247 Å². The maximum atomic E-state index is 12.9. The molecule has 0 fully saturated rings. The third kappa shape index (κ3) is 56.0. The molecule has 0 aliphatic heterocycles. The average Bonchev–Trinajstić information content (AvgIpc) is 3.36. The number of likely N-dealkylation sites (N-methyl/N-ethyl adjacent to an activating group) is 1. The summed E-state index contributed by atoms with van der Waals surface area (Å²) in [6.45, 7) is 4.64. The third-order valence-electron chi connectivity index (χ3n) is 12.7. The molecule has 0 aliphatic carbocycles. The van der Waals surface area contributed by atoms with Crippen LogP contribution < -0.4 is 5.11 Å². The predicted molar refractivity (Wildman–Crippen MR) is 306 cm³/mol. The lowest BCUT2D eigenvalue weighted by molar-refractivity contribution is -0.870. The van der Waals surface area contributed by atoms with Crippen molar-refractivity contribution in [1.29, 1.82) is 0 Å². The Kier molecular flexibility index (Phi) is 52.1. The highest BCUT2D eigenvalue weighted by Crippen LogP contribution is 2.16. The molecule has 0 saturated heterocycles. The van der Waals surface area contributed by atoms with Gasteiger partial charge in [-0.15, -0.1) is 0 Å². The van der Waals surface area contributed by atoms with Gasteiger partial charge in [0.1, 0.15) is 13.2 Å². The molecule has 9 heteroatoms. The highest BCUT2D eigenvalue weighted by Gasteiger charge is 2.22. The van der Waals surface area contributed by atoms with Crippen LogP contribution in [0.1, 0.15) is 245 Å². The van der Waals surface area contributed by atoms with E-state index in [1.807, 2.05) is 21.1 Å². The van der Waals surface area contributed by atoms with Crippen molar-refractivity contribution in [2.24, 2.45) is 0 Å². The van der Waals surface area contributed by atoms with Crippen LogP contribution in [0.25, 0.3) is 0 Å². The van der Waals surface area contributed by atoms with Crippen LogP contribution in [0, 0.1) is 0 Å². The number of esters is 2. The lowest BCUT2D eigenvalue weighted by Gasteiger charge is -2.26. The number of carboxylic acids is 1. The molecule has 0 rings (SSSR count). The van der Waals surface area contributed by atoms with Crippen molar-refractivity contribution in [3.8, 4) is 0 Å². The molecule has 2 atom stereocenters. The van der Waals surface area contributed by atoms with Gasteiger partial charge in [0.2, 0.25) is 0 Å². The molecule has 0 N–H and O–H groups in total. The Hall–Kier alpha value is -3.53. The molecule has 0 saturated carbocycles. The summed E-state index contributed by atoms with van der Waals surface area (Å²) in [5.74, 6) is -2.28. The third-order valence-corrected chi connectivity index (χ3v) is 12.7. The van der Waals surface area contributed by atoms with Crippen LogP contribution >= 0.6 is 0 Å². The summed E-state index contributed by atoms with van der Waals surface area (Å²) in [5, 5.41) is 11.8. The first kappa shape index (κ1) is 69.5. The van der Waals surface area contributed by atoms with E-state index in [2.05, 4.69) is 98.9 Å². The summed E-state index contributed by atoms with van der Waals surface area (Å²) in [6, 6.07) is 0. The Morgan fingerprint density at radius 2 is 0.781 bits per heavy atom. The first-order chi connectivity index (χ1) is 35.6. The quantitative estimate of drug-likeness (QED) is 0.0195. The van der Waals surface area contributed by atoms with Gasteiger partial charge in [0.05, 0.1) is 40.3 Å². The molecule has 0 aromatic heterocycles. The van der Waals surface area contributed by atoms with Crippen molar-refractivity contribution in [3.63, 3.8) is 0 Å². The normalized spacial score (nSPS) is 13.4. The number of rotatable bonds is 54. The second kappa shape index (κ2) is 54.7. The van der Waals surface area contributed by atoms with Gasteiger partial charge in [0.25, 0.3) is 0 Å². The molecule has 0 aromatic rings. The van der Waals surface area contributed by atoms with E-state index in [4.69, 9.17) is 18.9 Å². The number of aliphatic carboxylic acids is 1. The van der Waals surface area contributed by atoms with E-state index < -0.39 is 24.3 Å². The number of nitrogens with zero attached hydrogens (tertiary/aromatic N) is 1. The highest BCUT2D eigenvalue weighted by molar-refractivity contribution is 5.70. The van der Waals surface area contributed by atoms with E-state index in [1.165, 1.54) is 122 Å². The molecule has 73 heavy (non-hydrogen) atoms. The number of allylic oxidation sites excluding steroid dienone is 14. The van der Waals surface area contributed by atoms with Crippen LogP contribution in [0.2, 0.25) is 0 Å². The summed E-state index contributed by atoms with van der Waals surface area (Å²) < 4.78 is 22.7. The molecule has 0 spiro atoms. The first-order valence-corrected chi connectivity index (χ1v) is 29.7. The lowest BCUT2D eigenvalue weighted by Crippen LogP contribution is -2.44. The Morgan fingerprint density at radius 1 is 0.425 bits per heavy atom. The lowest BCUT2D eigenvalue weighted by atomic mass is 10.0. The molecule has 0 radical (unpaired) electrons.